The molecular weight excluding hydrogens is 252 g/mol. The Hall–Kier alpha value is -1.30. The normalized spacial score (nSPS) is 13.3. The van der Waals surface area contributed by atoms with E-state index in [4.69, 9.17) is 0 Å². The molecular formula is C21H32. The molecule has 0 heterocycles. The minimum Gasteiger partial charge on any atom is -0.0958 e. The Balaban J connectivity index is 2.63. The number of hydrogen-bond donors (Lipinski definition) is 0. The molecule has 1 unspecified atom stereocenters. The Bertz CT molecular complexity index is 491. The van der Waals surface area contributed by atoms with Crippen molar-refractivity contribution in [2.24, 2.45) is 5.92 Å². The lowest BCUT2D eigenvalue weighted by atomic mass is 9.88. The smallest absolute Gasteiger partial charge is 0.0251 e. The van der Waals surface area contributed by atoms with E-state index in [1.165, 1.54) is 53.5 Å². The SMILES string of the molecule is C=C(C)/C(=C\C)CC(CC)CCc1ccc(CC)c(C)c1. The minimum atomic E-state index is 0.763. The number of aryl methyl sites for hydroxylation is 3. The van der Waals surface area contributed by atoms with Crippen molar-refractivity contribution in [3.8, 4) is 0 Å². The molecule has 0 aliphatic carbocycles. The average Bonchev–Trinajstić information content (AvgIpc) is 2.47. The van der Waals surface area contributed by atoms with E-state index in [-0.39, 0.29) is 0 Å². The predicted molar refractivity (Wildman–Crippen MR) is 95.8 cm³/mol. The van der Waals surface area contributed by atoms with E-state index in [1.807, 2.05) is 0 Å². The van der Waals surface area contributed by atoms with Crippen molar-refractivity contribution < 1.29 is 0 Å². The molecule has 0 amide bonds. The molecule has 1 aromatic rings. The number of hydrogen-bond acceptors (Lipinski definition) is 0. The maximum absolute atomic E-state index is 4.09. The summed E-state index contributed by atoms with van der Waals surface area (Å²) in [5, 5.41) is 0. The molecule has 0 bridgehead atoms. The topological polar surface area (TPSA) is 0 Å². The average molecular weight is 284 g/mol. The lowest BCUT2D eigenvalue weighted by molar-refractivity contribution is 0.468. The molecule has 0 N–H and O–H groups in total. The molecule has 1 rings (SSSR count). The summed E-state index contributed by atoms with van der Waals surface area (Å²) < 4.78 is 0. The Labute approximate surface area is 132 Å². The summed E-state index contributed by atoms with van der Waals surface area (Å²) in [6, 6.07) is 6.99. The van der Waals surface area contributed by atoms with E-state index < -0.39 is 0 Å². The molecule has 0 aliphatic heterocycles. The van der Waals surface area contributed by atoms with Gasteiger partial charge in [0.15, 0.2) is 0 Å². The highest BCUT2D eigenvalue weighted by molar-refractivity contribution is 5.31. The fourth-order valence-electron chi connectivity index (χ4n) is 2.98. The second-order valence-corrected chi connectivity index (χ2v) is 6.23. The van der Waals surface area contributed by atoms with Crippen LogP contribution in [0, 0.1) is 12.8 Å². The number of allylic oxidation sites excluding steroid dienone is 3. The molecule has 0 fully saturated rings. The zero-order valence-corrected chi connectivity index (χ0v) is 14.6. The van der Waals surface area contributed by atoms with Gasteiger partial charge in [0.25, 0.3) is 0 Å². The summed E-state index contributed by atoms with van der Waals surface area (Å²) in [5.74, 6) is 0.763. The van der Waals surface area contributed by atoms with Crippen LogP contribution in [0.4, 0.5) is 0 Å². The van der Waals surface area contributed by atoms with Crippen molar-refractivity contribution in [2.45, 2.75) is 66.7 Å². The zero-order valence-electron chi connectivity index (χ0n) is 14.6. The molecule has 0 radical (unpaired) electrons. The van der Waals surface area contributed by atoms with Gasteiger partial charge in [0.1, 0.15) is 0 Å². The van der Waals surface area contributed by atoms with Gasteiger partial charge in [-0.2, -0.15) is 0 Å². The van der Waals surface area contributed by atoms with Crippen molar-refractivity contribution in [1.29, 1.82) is 0 Å². The molecule has 1 aromatic carbocycles. The highest BCUT2D eigenvalue weighted by atomic mass is 14.2. The Morgan fingerprint density at radius 3 is 2.48 bits per heavy atom. The Morgan fingerprint density at radius 2 is 2.00 bits per heavy atom. The van der Waals surface area contributed by atoms with Crippen molar-refractivity contribution in [3.05, 3.63) is 58.7 Å². The van der Waals surface area contributed by atoms with Crippen molar-refractivity contribution in [2.75, 3.05) is 0 Å². The van der Waals surface area contributed by atoms with E-state index in [9.17, 15) is 0 Å². The van der Waals surface area contributed by atoms with Gasteiger partial charge in [0.2, 0.25) is 0 Å². The quantitative estimate of drug-likeness (QED) is 0.483. The molecule has 0 spiro atoms. The van der Waals surface area contributed by atoms with Crippen molar-refractivity contribution in [1.82, 2.24) is 0 Å². The first-order valence-corrected chi connectivity index (χ1v) is 8.41. The molecule has 0 saturated heterocycles. The summed E-state index contributed by atoms with van der Waals surface area (Å²) in [6.45, 7) is 15.1. The summed E-state index contributed by atoms with van der Waals surface area (Å²) >= 11 is 0. The fourth-order valence-corrected chi connectivity index (χ4v) is 2.98. The van der Waals surface area contributed by atoms with Gasteiger partial charge in [-0.05, 0) is 74.6 Å². The molecule has 1 atom stereocenters. The summed E-state index contributed by atoms with van der Waals surface area (Å²) in [5.41, 5.74) is 7.06. The van der Waals surface area contributed by atoms with Crippen LogP contribution in [0.5, 0.6) is 0 Å². The van der Waals surface area contributed by atoms with E-state index in [0.29, 0.717) is 0 Å². The van der Waals surface area contributed by atoms with Crippen molar-refractivity contribution >= 4 is 0 Å². The van der Waals surface area contributed by atoms with Crippen LogP contribution >= 0.6 is 0 Å². The maximum Gasteiger partial charge on any atom is -0.0251 e. The standard InChI is InChI=1S/C21H32/c1-7-18(15-21(9-3)16(4)5)10-11-19-12-13-20(8-2)17(6)14-19/h9,12-14,18H,4,7-8,10-11,15H2,1-3,5-6H3/b21-9-. The molecule has 21 heavy (non-hydrogen) atoms. The van der Waals surface area contributed by atoms with Crippen LogP contribution in [0.2, 0.25) is 0 Å². The van der Waals surface area contributed by atoms with Gasteiger partial charge >= 0.3 is 0 Å². The zero-order chi connectivity index (χ0) is 15.8. The first kappa shape index (κ1) is 17.8. The van der Waals surface area contributed by atoms with Gasteiger partial charge in [-0.1, -0.05) is 56.7 Å². The van der Waals surface area contributed by atoms with Gasteiger partial charge in [-0.3, -0.25) is 0 Å². The monoisotopic (exact) mass is 284 g/mol. The molecule has 116 valence electrons. The van der Waals surface area contributed by atoms with Gasteiger partial charge in [0.05, 0.1) is 0 Å². The van der Waals surface area contributed by atoms with Crippen LogP contribution < -0.4 is 0 Å². The summed E-state index contributed by atoms with van der Waals surface area (Å²) in [7, 11) is 0. The third-order valence-electron chi connectivity index (χ3n) is 4.61. The van der Waals surface area contributed by atoms with E-state index in [2.05, 4.69) is 65.5 Å². The lowest BCUT2D eigenvalue weighted by Gasteiger charge is -2.17. The highest BCUT2D eigenvalue weighted by Gasteiger charge is 2.10. The number of benzene rings is 1. The first-order valence-electron chi connectivity index (χ1n) is 8.41. The Kier molecular flexibility index (Phi) is 7.50. The van der Waals surface area contributed by atoms with Gasteiger partial charge in [-0.25, -0.2) is 0 Å². The van der Waals surface area contributed by atoms with Crippen molar-refractivity contribution in [3.63, 3.8) is 0 Å². The highest BCUT2D eigenvalue weighted by Crippen LogP contribution is 2.25. The van der Waals surface area contributed by atoms with Crippen LogP contribution in [0.3, 0.4) is 0 Å². The second kappa shape index (κ2) is 8.87. The third-order valence-corrected chi connectivity index (χ3v) is 4.61. The van der Waals surface area contributed by atoms with Crippen LogP contribution in [-0.2, 0) is 12.8 Å². The Morgan fingerprint density at radius 1 is 1.29 bits per heavy atom. The van der Waals surface area contributed by atoms with Crippen LogP contribution in [0.1, 0.15) is 63.6 Å². The minimum absolute atomic E-state index is 0.763. The van der Waals surface area contributed by atoms with Gasteiger partial charge in [0, 0.05) is 0 Å². The maximum atomic E-state index is 4.09. The summed E-state index contributed by atoms with van der Waals surface area (Å²) in [4.78, 5) is 0. The largest absolute Gasteiger partial charge is 0.0958 e. The van der Waals surface area contributed by atoms with Gasteiger partial charge < -0.3 is 0 Å². The molecule has 0 aromatic heterocycles. The van der Waals surface area contributed by atoms with Crippen LogP contribution in [0.15, 0.2) is 42.0 Å². The molecule has 0 nitrogen and oxygen atoms in total. The van der Waals surface area contributed by atoms with E-state index >= 15 is 0 Å². The van der Waals surface area contributed by atoms with Crippen LogP contribution in [-0.4, -0.2) is 0 Å². The summed E-state index contributed by atoms with van der Waals surface area (Å²) in [6.07, 6.45) is 8.24. The number of rotatable bonds is 8. The molecule has 0 saturated carbocycles. The van der Waals surface area contributed by atoms with E-state index in [0.717, 1.165) is 12.3 Å². The van der Waals surface area contributed by atoms with E-state index in [1.54, 1.807) is 0 Å². The third kappa shape index (κ3) is 5.53. The van der Waals surface area contributed by atoms with Crippen LogP contribution in [0.25, 0.3) is 0 Å². The first-order chi connectivity index (χ1) is 10.0. The fraction of sp³-hybridized carbons (Fsp3) is 0.524. The second-order valence-electron chi connectivity index (χ2n) is 6.23. The van der Waals surface area contributed by atoms with Gasteiger partial charge in [-0.15, -0.1) is 0 Å². The lowest BCUT2D eigenvalue weighted by Crippen LogP contribution is -2.04. The molecule has 0 heteroatoms. The molecule has 0 aliphatic rings. The predicted octanol–water partition coefficient (Wildman–Crippen LogP) is 6.43.